The van der Waals surface area contributed by atoms with Gasteiger partial charge in [-0.05, 0) is 0 Å². The van der Waals surface area contributed by atoms with Crippen LogP contribution in [0.5, 0.6) is 0 Å². The zero-order chi connectivity index (χ0) is 12.4. The molecule has 1 aromatic heterocycles. The van der Waals surface area contributed by atoms with Crippen LogP contribution in [0.25, 0.3) is 0 Å². The van der Waals surface area contributed by atoms with E-state index in [0.29, 0.717) is 18.1 Å². The van der Waals surface area contributed by atoms with Crippen LogP contribution in [0.4, 0.5) is 0 Å². The molecule has 7 heteroatoms. The minimum Gasteiger partial charge on any atom is -0.481 e. The average molecular weight is 239 g/mol. The third kappa shape index (κ3) is 2.43. The molecular weight excluding hydrogens is 226 g/mol. The van der Waals surface area contributed by atoms with E-state index in [0.717, 1.165) is 0 Å². The Labute approximate surface area is 97.4 Å². The molecule has 0 saturated carbocycles. The van der Waals surface area contributed by atoms with Crippen molar-refractivity contribution in [2.24, 2.45) is 5.92 Å². The number of hydrogen-bond acceptors (Lipinski definition) is 5. The van der Waals surface area contributed by atoms with Crippen molar-refractivity contribution in [3.05, 3.63) is 11.7 Å². The first-order chi connectivity index (χ1) is 8.10. The third-order valence-electron chi connectivity index (χ3n) is 2.72. The minimum absolute atomic E-state index is 0.0457. The number of carboxylic acid groups (broad SMARTS) is 1. The number of aliphatic carboxylic acids is 1. The summed E-state index contributed by atoms with van der Waals surface area (Å²) < 4.78 is 4.96. The van der Waals surface area contributed by atoms with E-state index in [1.165, 1.54) is 4.90 Å². The number of carbonyl (C=O) groups is 2. The highest BCUT2D eigenvalue weighted by atomic mass is 16.5. The van der Waals surface area contributed by atoms with Gasteiger partial charge in [0.15, 0.2) is 5.82 Å². The maximum atomic E-state index is 11.5. The zero-order valence-electron chi connectivity index (χ0n) is 9.42. The number of aryl methyl sites for hydroxylation is 1. The van der Waals surface area contributed by atoms with Gasteiger partial charge in [0.1, 0.15) is 6.54 Å². The molecule has 92 valence electrons. The van der Waals surface area contributed by atoms with Crippen LogP contribution in [-0.2, 0) is 22.6 Å². The van der Waals surface area contributed by atoms with E-state index in [-0.39, 0.29) is 25.4 Å². The fraction of sp³-hybridized carbons (Fsp3) is 0.600. The van der Waals surface area contributed by atoms with Crippen molar-refractivity contribution >= 4 is 11.9 Å². The standard InChI is InChI=1S/C10H13N3O4/c1-2-7-11-8(17-12-7)5-13-4-6(10(15)16)3-9(13)14/h6H,2-5H2,1H3,(H,15,16). The lowest BCUT2D eigenvalue weighted by atomic mass is 10.1. The SMILES string of the molecule is CCc1noc(CN2CC(C(=O)O)CC2=O)n1. The number of rotatable bonds is 4. The number of carboxylic acids is 1. The third-order valence-corrected chi connectivity index (χ3v) is 2.72. The Morgan fingerprint density at radius 2 is 2.41 bits per heavy atom. The summed E-state index contributed by atoms with van der Waals surface area (Å²) in [5, 5.41) is 12.5. The molecule has 2 heterocycles. The van der Waals surface area contributed by atoms with Gasteiger partial charge in [-0.3, -0.25) is 9.59 Å². The van der Waals surface area contributed by atoms with Crippen LogP contribution in [0.3, 0.4) is 0 Å². The molecule has 17 heavy (non-hydrogen) atoms. The molecule has 1 aliphatic heterocycles. The monoisotopic (exact) mass is 239 g/mol. The number of nitrogens with zero attached hydrogens (tertiary/aromatic N) is 3. The van der Waals surface area contributed by atoms with Gasteiger partial charge < -0.3 is 14.5 Å². The largest absolute Gasteiger partial charge is 0.481 e. The van der Waals surface area contributed by atoms with Crippen LogP contribution < -0.4 is 0 Å². The number of amides is 1. The number of hydrogen-bond donors (Lipinski definition) is 1. The molecule has 1 saturated heterocycles. The summed E-state index contributed by atoms with van der Waals surface area (Å²) >= 11 is 0. The molecule has 2 rings (SSSR count). The van der Waals surface area contributed by atoms with Gasteiger partial charge in [0.25, 0.3) is 0 Å². The van der Waals surface area contributed by atoms with Gasteiger partial charge in [-0.15, -0.1) is 0 Å². The Hall–Kier alpha value is -1.92. The van der Waals surface area contributed by atoms with Crippen LogP contribution in [0, 0.1) is 5.92 Å². The van der Waals surface area contributed by atoms with Crippen LogP contribution in [0.1, 0.15) is 25.1 Å². The van der Waals surface area contributed by atoms with Crippen molar-refractivity contribution in [1.82, 2.24) is 15.0 Å². The molecule has 1 N–H and O–H groups in total. The molecule has 1 amide bonds. The van der Waals surface area contributed by atoms with Gasteiger partial charge in [0, 0.05) is 19.4 Å². The molecule has 0 aliphatic carbocycles. The predicted octanol–water partition coefficient (Wildman–Crippen LogP) is 0.0651. The topological polar surface area (TPSA) is 96.5 Å². The number of carbonyl (C=O) groups excluding carboxylic acids is 1. The molecule has 0 aromatic carbocycles. The van der Waals surface area contributed by atoms with Crippen molar-refractivity contribution in [3.8, 4) is 0 Å². The Kier molecular flexibility index (Phi) is 3.08. The second-order valence-electron chi connectivity index (χ2n) is 3.97. The van der Waals surface area contributed by atoms with E-state index in [2.05, 4.69) is 10.1 Å². The summed E-state index contributed by atoms with van der Waals surface area (Å²) in [6.07, 6.45) is 0.708. The average Bonchev–Trinajstić information content (AvgIpc) is 2.87. The maximum absolute atomic E-state index is 11.5. The maximum Gasteiger partial charge on any atom is 0.308 e. The normalized spacial score (nSPS) is 19.9. The Bertz CT molecular complexity index is 443. The Balaban J connectivity index is 2.00. The van der Waals surface area contributed by atoms with Gasteiger partial charge >= 0.3 is 5.97 Å². The van der Waals surface area contributed by atoms with E-state index in [1.807, 2.05) is 6.92 Å². The lowest BCUT2D eigenvalue weighted by Crippen LogP contribution is -2.25. The van der Waals surface area contributed by atoms with Crippen LogP contribution in [-0.4, -0.2) is 38.6 Å². The van der Waals surface area contributed by atoms with Crippen LogP contribution in [0.15, 0.2) is 4.52 Å². The molecule has 1 fully saturated rings. The van der Waals surface area contributed by atoms with Gasteiger partial charge in [-0.25, -0.2) is 0 Å². The molecule has 1 unspecified atom stereocenters. The van der Waals surface area contributed by atoms with E-state index < -0.39 is 11.9 Å². The van der Waals surface area contributed by atoms with Crippen molar-refractivity contribution < 1.29 is 19.2 Å². The van der Waals surface area contributed by atoms with Crippen molar-refractivity contribution in [1.29, 1.82) is 0 Å². The summed E-state index contributed by atoms with van der Waals surface area (Å²) in [7, 11) is 0. The lowest BCUT2D eigenvalue weighted by Gasteiger charge is -2.12. The van der Waals surface area contributed by atoms with E-state index in [4.69, 9.17) is 9.63 Å². The van der Waals surface area contributed by atoms with Gasteiger partial charge in [0.2, 0.25) is 11.8 Å². The summed E-state index contributed by atoms with van der Waals surface area (Å²) in [5.74, 6) is -0.826. The second kappa shape index (κ2) is 4.52. The first kappa shape index (κ1) is 11.6. The molecule has 0 bridgehead atoms. The molecule has 1 aliphatic rings. The second-order valence-corrected chi connectivity index (χ2v) is 3.97. The highest BCUT2D eigenvalue weighted by Crippen LogP contribution is 2.19. The van der Waals surface area contributed by atoms with Crippen molar-refractivity contribution in [2.75, 3.05) is 6.54 Å². The molecule has 7 nitrogen and oxygen atoms in total. The van der Waals surface area contributed by atoms with E-state index >= 15 is 0 Å². The summed E-state index contributed by atoms with van der Waals surface area (Å²) in [4.78, 5) is 27.8. The molecular formula is C10H13N3O4. The van der Waals surface area contributed by atoms with Gasteiger partial charge in [-0.2, -0.15) is 4.98 Å². The zero-order valence-corrected chi connectivity index (χ0v) is 9.42. The van der Waals surface area contributed by atoms with E-state index in [9.17, 15) is 9.59 Å². The summed E-state index contributed by atoms with van der Waals surface area (Å²) in [5.41, 5.74) is 0. The highest BCUT2D eigenvalue weighted by Gasteiger charge is 2.34. The van der Waals surface area contributed by atoms with Crippen LogP contribution in [0.2, 0.25) is 0 Å². The first-order valence-electron chi connectivity index (χ1n) is 5.42. The minimum atomic E-state index is -0.944. The number of likely N-dealkylation sites (tertiary alicyclic amines) is 1. The Morgan fingerprint density at radius 1 is 1.65 bits per heavy atom. The molecule has 1 aromatic rings. The quantitative estimate of drug-likeness (QED) is 0.798. The van der Waals surface area contributed by atoms with Crippen molar-refractivity contribution in [2.45, 2.75) is 26.3 Å². The Morgan fingerprint density at radius 3 is 2.94 bits per heavy atom. The fourth-order valence-electron chi connectivity index (χ4n) is 1.75. The van der Waals surface area contributed by atoms with Gasteiger partial charge in [0.05, 0.1) is 5.92 Å². The first-order valence-corrected chi connectivity index (χ1v) is 5.42. The van der Waals surface area contributed by atoms with Crippen molar-refractivity contribution in [3.63, 3.8) is 0 Å². The molecule has 1 atom stereocenters. The summed E-state index contributed by atoms with van der Waals surface area (Å²) in [6, 6.07) is 0. The lowest BCUT2D eigenvalue weighted by molar-refractivity contribution is -0.141. The molecule has 0 radical (unpaired) electrons. The number of aromatic nitrogens is 2. The predicted molar refractivity (Wildman–Crippen MR) is 54.8 cm³/mol. The molecule has 0 spiro atoms. The van der Waals surface area contributed by atoms with Crippen LogP contribution >= 0.6 is 0 Å². The highest BCUT2D eigenvalue weighted by molar-refractivity contribution is 5.85. The smallest absolute Gasteiger partial charge is 0.308 e. The summed E-state index contributed by atoms with van der Waals surface area (Å²) in [6.45, 7) is 2.30. The van der Waals surface area contributed by atoms with Gasteiger partial charge in [-0.1, -0.05) is 12.1 Å². The fourth-order valence-corrected chi connectivity index (χ4v) is 1.75. The van der Waals surface area contributed by atoms with E-state index in [1.54, 1.807) is 0 Å².